The van der Waals surface area contributed by atoms with Crippen LogP contribution in [0, 0.1) is 0 Å². The number of carbonyl (C=O) groups excluding carboxylic acids is 3. The van der Waals surface area contributed by atoms with Gasteiger partial charge in [0.05, 0.1) is 5.56 Å². The van der Waals surface area contributed by atoms with Gasteiger partial charge in [0.15, 0.2) is 6.61 Å². The molecule has 2 amide bonds. The van der Waals surface area contributed by atoms with Crippen molar-refractivity contribution in [2.24, 2.45) is 0 Å². The number of carbonyl (C=O) groups is 3. The molecule has 0 spiro atoms. The highest BCUT2D eigenvalue weighted by molar-refractivity contribution is 5.97. The average Bonchev–Trinajstić information content (AvgIpc) is 2.64. The second-order valence-corrected chi connectivity index (χ2v) is 6.73. The molecule has 1 unspecified atom stereocenters. The molecule has 2 rings (SSSR count). The summed E-state index contributed by atoms with van der Waals surface area (Å²) in [6, 6.07) is 3.33. The van der Waals surface area contributed by atoms with Crippen LogP contribution in [-0.4, -0.2) is 54.6 Å². The highest BCUT2D eigenvalue weighted by Crippen LogP contribution is 2.27. The summed E-state index contributed by atoms with van der Waals surface area (Å²) in [5.41, 5.74) is -0.196. The second kappa shape index (κ2) is 9.62. The van der Waals surface area contributed by atoms with Crippen LogP contribution in [0.1, 0.15) is 43.5 Å². The Balaban J connectivity index is 2.16. The monoisotopic (exact) mass is 416 g/mol. The molecule has 0 bridgehead atoms. The first kappa shape index (κ1) is 22.5. The van der Waals surface area contributed by atoms with Crippen molar-refractivity contribution >= 4 is 17.8 Å². The largest absolute Gasteiger partial charge is 0.483 e. The van der Waals surface area contributed by atoms with Crippen LogP contribution < -0.4 is 14.8 Å². The molecule has 1 aliphatic heterocycles. The Morgan fingerprint density at radius 3 is 2.55 bits per heavy atom. The van der Waals surface area contributed by atoms with Crippen LogP contribution >= 0.6 is 0 Å². The molecule has 1 aromatic rings. The molecule has 0 saturated carbocycles. The molecule has 1 atom stereocenters. The molecule has 160 valence electrons. The Labute approximate surface area is 166 Å². The van der Waals surface area contributed by atoms with Crippen molar-refractivity contribution < 1.29 is 37.0 Å². The van der Waals surface area contributed by atoms with E-state index in [1.165, 1.54) is 13.0 Å². The normalized spacial score (nSPS) is 16.9. The molecule has 1 aliphatic rings. The lowest BCUT2D eigenvalue weighted by molar-refractivity contribution is -0.153. The van der Waals surface area contributed by atoms with Crippen LogP contribution in [0.4, 0.5) is 13.2 Å². The quantitative estimate of drug-likeness (QED) is 0.569. The third-order valence-electron chi connectivity index (χ3n) is 4.38. The molecular formula is C19H23F3N2O5. The first-order valence-electron chi connectivity index (χ1n) is 9.14. The smallest absolute Gasteiger partial charge is 0.422 e. The van der Waals surface area contributed by atoms with E-state index in [1.807, 2.05) is 0 Å². The number of halogens is 3. The van der Waals surface area contributed by atoms with E-state index in [9.17, 15) is 27.6 Å². The second-order valence-electron chi connectivity index (χ2n) is 6.73. The number of ether oxygens (including phenoxy) is 2. The first-order valence-corrected chi connectivity index (χ1v) is 9.14. The molecule has 1 N–H and O–H groups in total. The van der Waals surface area contributed by atoms with Gasteiger partial charge in [-0.3, -0.25) is 14.4 Å². The van der Waals surface area contributed by atoms with E-state index in [2.05, 4.69) is 5.32 Å². The van der Waals surface area contributed by atoms with Crippen LogP contribution in [0.3, 0.4) is 0 Å². The molecule has 1 saturated heterocycles. The van der Waals surface area contributed by atoms with Crippen molar-refractivity contribution in [2.75, 3.05) is 19.7 Å². The molecular weight excluding hydrogens is 393 g/mol. The first-order chi connectivity index (χ1) is 13.6. The standard InChI is InChI=1S/C19H23F3N2O5/c1-12(25)24-8-4-3-5-14(24)10-23-18(27)16-9-15(29-13(2)26)6-7-17(16)28-11-19(20,21)22/h6-7,9,14H,3-5,8,10-11H2,1-2H3,(H,23,27). The number of piperidine rings is 1. The number of rotatable bonds is 6. The number of nitrogens with zero attached hydrogens (tertiary/aromatic N) is 1. The fourth-order valence-electron chi connectivity index (χ4n) is 3.13. The number of hydrogen-bond donors (Lipinski definition) is 1. The van der Waals surface area contributed by atoms with Crippen molar-refractivity contribution in [1.82, 2.24) is 10.2 Å². The molecule has 1 aromatic carbocycles. The van der Waals surface area contributed by atoms with Gasteiger partial charge in [0.1, 0.15) is 11.5 Å². The number of likely N-dealkylation sites (tertiary alicyclic amines) is 1. The van der Waals surface area contributed by atoms with Gasteiger partial charge in [-0.05, 0) is 37.5 Å². The Hall–Kier alpha value is -2.78. The third kappa shape index (κ3) is 6.95. The lowest BCUT2D eigenvalue weighted by Gasteiger charge is -2.35. The Morgan fingerprint density at radius 2 is 1.93 bits per heavy atom. The summed E-state index contributed by atoms with van der Waals surface area (Å²) in [5, 5.41) is 2.64. The highest BCUT2D eigenvalue weighted by atomic mass is 19.4. The molecule has 1 heterocycles. The summed E-state index contributed by atoms with van der Waals surface area (Å²) in [6.45, 7) is 1.78. The molecule has 1 fully saturated rings. The summed E-state index contributed by atoms with van der Waals surface area (Å²) in [5.74, 6) is -1.72. The molecule has 0 aromatic heterocycles. The van der Waals surface area contributed by atoms with Crippen LogP contribution in [0.2, 0.25) is 0 Å². The van der Waals surface area contributed by atoms with Gasteiger partial charge in [0, 0.05) is 33.0 Å². The van der Waals surface area contributed by atoms with Gasteiger partial charge in [0.25, 0.3) is 5.91 Å². The van der Waals surface area contributed by atoms with Crippen molar-refractivity contribution in [3.8, 4) is 11.5 Å². The van der Waals surface area contributed by atoms with Gasteiger partial charge in [-0.15, -0.1) is 0 Å². The third-order valence-corrected chi connectivity index (χ3v) is 4.38. The lowest BCUT2D eigenvalue weighted by Crippen LogP contribution is -2.48. The van der Waals surface area contributed by atoms with Gasteiger partial charge < -0.3 is 19.7 Å². The predicted molar refractivity (Wildman–Crippen MR) is 96.7 cm³/mol. The Morgan fingerprint density at radius 1 is 1.21 bits per heavy atom. The lowest BCUT2D eigenvalue weighted by atomic mass is 10.0. The van der Waals surface area contributed by atoms with Gasteiger partial charge in [-0.1, -0.05) is 0 Å². The number of benzene rings is 1. The van der Waals surface area contributed by atoms with Gasteiger partial charge >= 0.3 is 12.1 Å². The zero-order valence-corrected chi connectivity index (χ0v) is 16.2. The van der Waals surface area contributed by atoms with Crippen LogP contribution in [0.25, 0.3) is 0 Å². The fourth-order valence-corrected chi connectivity index (χ4v) is 3.13. The van der Waals surface area contributed by atoms with Crippen molar-refractivity contribution in [2.45, 2.75) is 45.3 Å². The zero-order chi connectivity index (χ0) is 21.6. The molecule has 0 radical (unpaired) electrons. The van der Waals surface area contributed by atoms with Gasteiger partial charge in [-0.25, -0.2) is 0 Å². The Bertz CT molecular complexity index is 767. The van der Waals surface area contributed by atoms with Gasteiger partial charge in [0.2, 0.25) is 5.91 Å². The van der Waals surface area contributed by atoms with E-state index in [4.69, 9.17) is 9.47 Å². The minimum atomic E-state index is -4.58. The fraction of sp³-hybridized carbons (Fsp3) is 0.526. The number of amides is 2. The van der Waals surface area contributed by atoms with Crippen LogP contribution in [0.5, 0.6) is 11.5 Å². The Kier molecular flexibility index (Phi) is 7.46. The number of nitrogens with one attached hydrogen (secondary N) is 1. The minimum Gasteiger partial charge on any atom is -0.483 e. The molecule has 10 heteroatoms. The summed E-state index contributed by atoms with van der Waals surface area (Å²) in [6.07, 6.45) is -2.08. The molecule has 7 nitrogen and oxygen atoms in total. The number of hydrogen-bond acceptors (Lipinski definition) is 5. The summed E-state index contributed by atoms with van der Waals surface area (Å²) in [7, 11) is 0. The van der Waals surface area contributed by atoms with Crippen LogP contribution in [0.15, 0.2) is 18.2 Å². The van der Waals surface area contributed by atoms with E-state index in [-0.39, 0.29) is 35.6 Å². The predicted octanol–water partition coefficient (Wildman–Crippen LogP) is 2.68. The van der Waals surface area contributed by atoms with E-state index >= 15 is 0 Å². The summed E-state index contributed by atoms with van der Waals surface area (Å²) in [4.78, 5) is 37.2. The highest BCUT2D eigenvalue weighted by Gasteiger charge is 2.30. The maximum Gasteiger partial charge on any atom is 0.422 e. The maximum atomic E-state index is 12.6. The molecule has 29 heavy (non-hydrogen) atoms. The topological polar surface area (TPSA) is 84.9 Å². The van der Waals surface area contributed by atoms with Gasteiger partial charge in [-0.2, -0.15) is 13.2 Å². The number of esters is 1. The van der Waals surface area contributed by atoms with E-state index in [0.29, 0.717) is 13.0 Å². The van der Waals surface area contributed by atoms with Crippen molar-refractivity contribution in [3.05, 3.63) is 23.8 Å². The summed E-state index contributed by atoms with van der Waals surface area (Å²) < 4.78 is 47.1. The van der Waals surface area contributed by atoms with Crippen molar-refractivity contribution in [1.29, 1.82) is 0 Å². The van der Waals surface area contributed by atoms with Crippen LogP contribution in [-0.2, 0) is 9.59 Å². The minimum absolute atomic E-state index is 0.00466. The van der Waals surface area contributed by atoms with E-state index in [0.717, 1.165) is 31.9 Å². The summed E-state index contributed by atoms with van der Waals surface area (Å²) >= 11 is 0. The SMILES string of the molecule is CC(=O)Oc1ccc(OCC(F)(F)F)c(C(=O)NCC2CCCCN2C(C)=O)c1. The average molecular weight is 416 g/mol. The van der Waals surface area contributed by atoms with E-state index in [1.54, 1.807) is 4.90 Å². The van der Waals surface area contributed by atoms with Crippen molar-refractivity contribution in [3.63, 3.8) is 0 Å². The van der Waals surface area contributed by atoms with E-state index < -0.39 is 24.7 Å². The maximum absolute atomic E-state index is 12.6. The zero-order valence-electron chi connectivity index (χ0n) is 16.2. The number of alkyl halides is 3. The molecule has 0 aliphatic carbocycles.